The number of hydrogen-bond donors (Lipinski definition) is 3. The van der Waals surface area contributed by atoms with Crippen molar-refractivity contribution in [1.29, 1.82) is 0 Å². The molecule has 1 atom stereocenters. The second-order valence-corrected chi connectivity index (χ2v) is 5.47. The molecule has 0 spiro atoms. The first kappa shape index (κ1) is 15.0. The van der Waals surface area contributed by atoms with E-state index in [-0.39, 0.29) is 11.5 Å². The van der Waals surface area contributed by atoms with E-state index in [4.69, 9.17) is 0 Å². The molecule has 5 nitrogen and oxygen atoms in total. The summed E-state index contributed by atoms with van der Waals surface area (Å²) in [6, 6.07) is 8.70. The third-order valence-electron chi connectivity index (χ3n) is 3.82. The lowest BCUT2D eigenvalue weighted by Gasteiger charge is -2.16. The Bertz CT molecular complexity index is 784. The summed E-state index contributed by atoms with van der Waals surface area (Å²) < 4.78 is 13.7. The number of fused-ring (bicyclic) bond motifs is 1. The number of carbonyl (C=O) groups excluding carboxylic acids is 2. The highest BCUT2D eigenvalue weighted by Gasteiger charge is 2.21. The Balaban J connectivity index is 1.80. The molecule has 23 heavy (non-hydrogen) atoms. The number of aromatic hydroxyl groups is 1. The van der Waals surface area contributed by atoms with Gasteiger partial charge in [0.2, 0.25) is 5.91 Å². The lowest BCUT2D eigenvalue weighted by molar-refractivity contribution is -0.115. The Hall–Kier alpha value is -2.89. The van der Waals surface area contributed by atoms with Crippen LogP contribution in [0.3, 0.4) is 0 Å². The molecule has 0 unspecified atom stereocenters. The Morgan fingerprint density at radius 1 is 1.35 bits per heavy atom. The second kappa shape index (κ2) is 5.72. The molecule has 1 aliphatic heterocycles. The maximum absolute atomic E-state index is 13.7. The largest absolute Gasteiger partial charge is 0.507 e. The highest BCUT2D eigenvalue weighted by atomic mass is 19.1. The summed E-state index contributed by atoms with van der Waals surface area (Å²) in [6.07, 6.45) is 0.304. The quantitative estimate of drug-likeness (QED) is 0.814. The van der Waals surface area contributed by atoms with Gasteiger partial charge in [0.1, 0.15) is 17.1 Å². The number of amides is 2. The molecule has 6 heteroatoms. The molecule has 3 N–H and O–H groups in total. The van der Waals surface area contributed by atoms with Gasteiger partial charge in [0.15, 0.2) is 0 Å². The van der Waals surface area contributed by atoms with Crippen molar-refractivity contribution < 1.29 is 19.1 Å². The van der Waals surface area contributed by atoms with Crippen molar-refractivity contribution in [2.45, 2.75) is 19.4 Å². The van der Waals surface area contributed by atoms with Crippen LogP contribution in [0.25, 0.3) is 0 Å². The average Bonchev–Trinajstić information content (AvgIpc) is 2.85. The van der Waals surface area contributed by atoms with Gasteiger partial charge in [0.05, 0.1) is 12.5 Å². The monoisotopic (exact) mass is 314 g/mol. The van der Waals surface area contributed by atoms with E-state index >= 15 is 0 Å². The smallest absolute Gasteiger partial charge is 0.258 e. The van der Waals surface area contributed by atoms with Gasteiger partial charge in [-0.15, -0.1) is 0 Å². The van der Waals surface area contributed by atoms with Gasteiger partial charge in [-0.3, -0.25) is 9.59 Å². The number of anilines is 1. The van der Waals surface area contributed by atoms with E-state index in [9.17, 15) is 19.1 Å². The van der Waals surface area contributed by atoms with E-state index in [2.05, 4.69) is 10.6 Å². The molecule has 3 rings (SSSR count). The zero-order chi connectivity index (χ0) is 16.6. The summed E-state index contributed by atoms with van der Waals surface area (Å²) >= 11 is 0. The van der Waals surface area contributed by atoms with Crippen LogP contribution in [0.4, 0.5) is 10.1 Å². The third kappa shape index (κ3) is 2.88. The van der Waals surface area contributed by atoms with Crippen LogP contribution < -0.4 is 10.6 Å². The molecule has 0 saturated heterocycles. The van der Waals surface area contributed by atoms with Gasteiger partial charge < -0.3 is 15.7 Å². The van der Waals surface area contributed by atoms with Crippen LogP contribution in [-0.2, 0) is 11.2 Å². The number of hydrogen-bond acceptors (Lipinski definition) is 3. The van der Waals surface area contributed by atoms with Crippen LogP contribution in [0.15, 0.2) is 36.4 Å². The summed E-state index contributed by atoms with van der Waals surface area (Å²) in [6.45, 7) is 1.75. The fraction of sp³-hybridized carbons (Fsp3) is 0.176. The number of rotatable bonds is 3. The highest BCUT2D eigenvalue weighted by Crippen LogP contribution is 2.27. The Morgan fingerprint density at radius 3 is 2.87 bits per heavy atom. The molecule has 1 aliphatic rings. The molecule has 0 saturated carbocycles. The van der Waals surface area contributed by atoms with Crippen molar-refractivity contribution in [2.75, 3.05) is 5.32 Å². The number of phenolic OH excluding ortho intramolecular Hbond substituents is 1. The lowest BCUT2D eigenvalue weighted by Crippen LogP contribution is -2.27. The fourth-order valence-corrected chi connectivity index (χ4v) is 2.61. The molecule has 2 aromatic carbocycles. The maximum atomic E-state index is 13.7. The van der Waals surface area contributed by atoms with Crippen LogP contribution >= 0.6 is 0 Å². The number of phenols is 1. The number of carbonyl (C=O) groups is 2. The minimum atomic E-state index is -0.779. The number of benzene rings is 2. The predicted molar refractivity (Wildman–Crippen MR) is 82.7 cm³/mol. The van der Waals surface area contributed by atoms with E-state index in [0.717, 1.165) is 22.9 Å². The summed E-state index contributed by atoms with van der Waals surface area (Å²) in [5.41, 5.74) is 2.05. The molecule has 1 heterocycles. The van der Waals surface area contributed by atoms with Crippen LogP contribution in [0.2, 0.25) is 0 Å². The van der Waals surface area contributed by atoms with Crippen LogP contribution in [-0.4, -0.2) is 16.9 Å². The van der Waals surface area contributed by atoms with E-state index in [0.29, 0.717) is 6.42 Å². The van der Waals surface area contributed by atoms with E-state index in [1.807, 2.05) is 6.07 Å². The molecule has 2 amide bonds. The normalized spacial score (nSPS) is 14.1. The van der Waals surface area contributed by atoms with Gasteiger partial charge in [-0.1, -0.05) is 18.2 Å². The van der Waals surface area contributed by atoms with Crippen LogP contribution in [0, 0.1) is 5.82 Å². The molecule has 0 radical (unpaired) electrons. The zero-order valence-corrected chi connectivity index (χ0v) is 12.4. The first-order valence-corrected chi connectivity index (χ1v) is 7.16. The van der Waals surface area contributed by atoms with Gasteiger partial charge in [0, 0.05) is 5.69 Å². The van der Waals surface area contributed by atoms with E-state index in [1.165, 1.54) is 12.1 Å². The van der Waals surface area contributed by atoms with Crippen LogP contribution in [0.1, 0.15) is 34.5 Å². The van der Waals surface area contributed by atoms with Gasteiger partial charge in [-0.2, -0.15) is 0 Å². The van der Waals surface area contributed by atoms with Crippen LogP contribution in [0.5, 0.6) is 5.75 Å². The minimum Gasteiger partial charge on any atom is -0.507 e. The molecule has 0 aromatic heterocycles. The van der Waals surface area contributed by atoms with Crippen molar-refractivity contribution >= 4 is 17.5 Å². The molecule has 0 aliphatic carbocycles. The standard InChI is InChI=1S/C17H15FN2O3/c1-9(10-5-6-13-11(7-10)8-15(22)20-13)19-17(23)16-12(18)3-2-4-14(16)21/h2-7,9,21H,8H2,1H3,(H,19,23)(H,20,22)/t9-/m0/s1. The molecule has 0 bridgehead atoms. The fourth-order valence-electron chi connectivity index (χ4n) is 2.61. The summed E-state index contributed by atoms with van der Waals surface area (Å²) in [5.74, 6) is -1.94. The van der Waals surface area contributed by atoms with Crippen molar-refractivity contribution in [3.63, 3.8) is 0 Å². The van der Waals surface area contributed by atoms with Gasteiger partial charge in [-0.05, 0) is 36.2 Å². The first-order valence-electron chi connectivity index (χ1n) is 7.16. The summed E-state index contributed by atoms with van der Waals surface area (Å²) in [4.78, 5) is 23.5. The predicted octanol–water partition coefficient (Wildman–Crippen LogP) is 2.52. The summed E-state index contributed by atoms with van der Waals surface area (Å²) in [5, 5.41) is 15.0. The molecule has 0 fully saturated rings. The van der Waals surface area contributed by atoms with Crippen molar-refractivity contribution in [1.82, 2.24) is 5.32 Å². The van der Waals surface area contributed by atoms with Crippen molar-refractivity contribution in [2.24, 2.45) is 0 Å². The maximum Gasteiger partial charge on any atom is 0.258 e. The molecule has 118 valence electrons. The van der Waals surface area contributed by atoms with Gasteiger partial charge >= 0.3 is 0 Å². The topological polar surface area (TPSA) is 78.4 Å². The van der Waals surface area contributed by atoms with Crippen molar-refractivity contribution in [3.05, 3.63) is 58.9 Å². The highest BCUT2D eigenvalue weighted by molar-refractivity contribution is 5.99. The molecule has 2 aromatic rings. The number of halogens is 1. The molecular weight excluding hydrogens is 299 g/mol. The SMILES string of the molecule is C[C@H](NC(=O)c1c(O)cccc1F)c1ccc2c(c1)CC(=O)N2. The summed E-state index contributed by atoms with van der Waals surface area (Å²) in [7, 11) is 0. The average molecular weight is 314 g/mol. The zero-order valence-electron chi connectivity index (χ0n) is 12.4. The minimum absolute atomic E-state index is 0.0647. The van der Waals surface area contributed by atoms with Gasteiger partial charge in [-0.25, -0.2) is 4.39 Å². The van der Waals surface area contributed by atoms with Crippen molar-refractivity contribution in [3.8, 4) is 5.75 Å². The lowest BCUT2D eigenvalue weighted by atomic mass is 10.0. The number of nitrogens with one attached hydrogen (secondary N) is 2. The van der Waals surface area contributed by atoms with E-state index in [1.54, 1.807) is 19.1 Å². The van der Waals surface area contributed by atoms with E-state index < -0.39 is 23.5 Å². The Labute approximate surface area is 132 Å². The van der Waals surface area contributed by atoms with Gasteiger partial charge in [0.25, 0.3) is 5.91 Å². The third-order valence-corrected chi connectivity index (χ3v) is 3.82. The first-order chi connectivity index (χ1) is 11.0. The second-order valence-electron chi connectivity index (χ2n) is 5.47. The Kier molecular flexibility index (Phi) is 3.73. The Morgan fingerprint density at radius 2 is 2.13 bits per heavy atom. The molecular formula is C17H15FN2O3.